The maximum Gasteiger partial charge on any atom is 0.317 e. The summed E-state index contributed by atoms with van der Waals surface area (Å²) in [6.45, 7) is 8.82. The van der Waals surface area contributed by atoms with Crippen LogP contribution >= 0.6 is 0 Å². The van der Waals surface area contributed by atoms with Crippen molar-refractivity contribution in [2.75, 3.05) is 13.1 Å². The number of carbonyl (C=O) groups excluding carboxylic acids is 1. The van der Waals surface area contributed by atoms with Crippen LogP contribution in [0.15, 0.2) is 0 Å². The van der Waals surface area contributed by atoms with Gasteiger partial charge in [0.15, 0.2) is 0 Å². The van der Waals surface area contributed by atoms with Crippen LogP contribution in [0.3, 0.4) is 0 Å². The maximum atomic E-state index is 12.2. The van der Waals surface area contributed by atoms with Crippen LogP contribution in [0.25, 0.3) is 0 Å². The fourth-order valence-corrected chi connectivity index (χ4v) is 2.57. The predicted octanol–water partition coefficient (Wildman–Crippen LogP) is 2.08. The minimum absolute atomic E-state index is 0.0481. The minimum Gasteiger partial charge on any atom is -0.481 e. The molecule has 6 heteroatoms. The molecular formula is C15H28N2O4. The normalized spacial score (nSPS) is 25.2. The molecule has 0 aromatic heterocycles. The van der Waals surface area contributed by atoms with Crippen LogP contribution in [0.1, 0.15) is 47.0 Å². The van der Waals surface area contributed by atoms with Gasteiger partial charge in [-0.15, -0.1) is 0 Å². The van der Waals surface area contributed by atoms with E-state index in [1.54, 1.807) is 11.8 Å². The molecule has 0 bridgehead atoms. The number of carboxylic acids is 1. The number of ether oxygens (including phenoxy) is 1. The van der Waals surface area contributed by atoms with Crippen LogP contribution in [-0.2, 0) is 9.53 Å². The van der Waals surface area contributed by atoms with Crippen molar-refractivity contribution in [3.05, 3.63) is 0 Å². The summed E-state index contributed by atoms with van der Waals surface area (Å²) in [5.41, 5.74) is 0. The molecule has 2 N–H and O–H groups in total. The highest BCUT2D eigenvalue weighted by atomic mass is 16.5. The van der Waals surface area contributed by atoms with Crippen LogP contribution in [-0.4, -0.2) is 53.3 Å². The third-order valence-electron chi connectivity index (χ3n) is 3.77. The number of morpholine rings is 1. The Labute approximate surface area is 126 Å². The number of amides is 2. The van der Waals surface area contributed by atoms with Gasteiger partial charge in [-0.1, -0.05) is 13.3 Å². The summed E-state index contributed by atoms with van der Waals surface area (Å²) < 4.78 is 5.61. The molecule has 1 saturated heterocycles. The first-order valence-electron chi connectivity index (χ1n) is 7.73. The first-order chi connectivity index (χ1) is 9.79. The molecular weight excluding hydrogens is 272 g/mol. The summed E-state index contributed by atoms with van der Waals surface area (Å²) >= 11 is 0. The van der Waals surface area contributed by atoms with E-state index in [4.69, 9.17) is 9.84 Å². The van der Waals surface area contributed by atoms with Gasteiger partial charge in [-0.2, -0.15) is 0 Å². The molecule has 0 spiro atoms. The molecule has 0 aliphatic carbocycles. The summed E-state index contributed by atoms with van der Waals surface area (Å²) in [4.78, 5) is 24.7. The zero-order valence-electron chi connectivity index (χ0n) is 13.5. The maximum absolute atomic E-state index is 12.2. The Morgan fingerprint density at radius 3 is 2.33 bits per heavy atom. The van der Waals surface area contributed by atoms with Gasteiger partial charge in [-0.3, -0.25) is 4.79 Å². The van der Waals surface area contributed by atoms with Gasteiger partial charge in [0.2, 0.25) is 0 Å². The largest absolute Gasteiger partial charge is 0.481 e. The summed E-state index contributed by atoms with van der Waals surface area (Å²) in [5.74, 6) is -1.09. The first-order valence-corrected chi connectivity index (χ1v) is 7.73. The van der Waals surface area contributed by atoms with Crippen molar-refractivity contribution < 1.29 is 19.4 Å². The SMILES string of the molecule is CC(CCCC(C)C(=O)O)NC(=O)N1C[C@@H](C)O[C@@H](C)C1. The van der Waals surface area contributed by atoms with E-state index in [9.17, 15) is 9.59 Å². The summed E-state index contributed by atoms with van der Waals surface area (Å²) in [6.07, 6.45) is 2.35. The van der Waals surface area contributed by atoms with Crippen molar-refractivity contribution in [3.63, 3.8) is 0 Å². The van der Waals surface area contributed by atoms with Crippen molar-refractivity contribution in [1.29, 1.82) is 0 Å². The molecule has 122 valence electrons. The third-order valence-corrected chi connectivity index (χ3v) is 3.77. The van der Waals surface area contributed by atoms with E-state index in [1.807, 2.05) is 20.8 Å². The monoisotopic (exact) mass is 300 g/mol. The lowest BCUT2D eigenvalue weighted by Gasteiger charge is -2.35. The standard InChI is InChI=1S/C15H28N2O4/c1-10(14(18)19)6-5-7-11(2)16-15(20)17-8-12(3)21-13(4)9-17/h10-13H,5-9H2,1-4H3,(H,16,20)(H,18,19)/t10?,11?,12-,13+. The zero-order chi connectivity index (χ0) is 16.0. The van der Waals surface area contributed by atoms with Gasteiger partial charge in [0.25, 0.3) is 0 Å². The second-order valence-electron chi connectivity index (χ2n) is 6.18. The second-order valence-corrected chi connectivity index (χ2v) is 6.18. The highest BCUT2D eigenvalue weighted by Gasteiger charge is 2.26. The average Bonchev–Trinajstić information content (AvgIpc) is 2.37. The molecule has 21 heavy (non-hydrogen) atoms. The lowest BCUT2D eigenvalue weighted by Crippen LogP contribution is -2.53. The Bertz CT molecular complexity index is 352. The lowest BCUT2D eigenvalue weighted by atomic mass is 10.0. The van der Waals surface area contributed by atoms with Gasteiger partial charge in [0, 0.05) is 19.1 Å². The van der Waals surface area contributed by atoms with E-state index >= 15 is 0 Å². The smallest absolute Gasteiger partial charge is 0.317 e. The number of nitrogens with one attached hydrogen (secondary N) is 1. The minimum atomic E-state index is -0.761. The second kappa shape index (κ2) is 8.22. The number of hydrogen-bond donors (Lipinski definition) is 2. The molecule has 1 heterocycles. The molecule has 0 radical (unpaired) electrons. The van der Waals surface area contributed by atoms with E-state index in [2.05, 4.69) is 5.32 Å². The number of rotatable bonds is 6. The molecule has 0 saturated carbocycles. The average molecular weight is 300 g/mol. The Balaban J connectivity index is 2.28. The quantitative estimate of drug-likeness (QED) is 0.787. The van der Waals surface area contributed by atoms with Crippen molar-refractivity contribution in [2.45, 2.75) is 65.2 Å². The van der Waals surface area contributed by atoms with Crippen LogP contribution in [0.4, 0.5) is 4.79 Å². The molecule has 0 aromatic carbocycles. The van der Waals surface area contributed by atoms with Crippen molar-refractivity contribution in [3.8, 4) is 0 Å². The Hall–Kier alpha value is -1.30. The highest BCUT2D eigenvalue weighted by molar-refractivity contribution is 5.74. The third kappa shape index (κ3) is 6.33. The molecule has 0 aromatic rings. The van der Waals surface area contributed by atoms with E-state index in [0.29, 0.717) is 19.5 Å². The molecule has 2 amide bonds. The Morgan fingerprint density at radius 2 is 1.81 bits per heavy atom. The van der Waals surface area contributed by atoms with Crippen molar-refractivity contribution in [2.24, 2.45) is 5.92 Å². The van der Waals surface area contributed by atoms with E-state index in [0.717, 1.165) is 12.8 Å². The van der Waals surface area contributed by atoms with E-state index in [-0.39, 0.29) is 30.2 Å². The number of carboxylic acid groups (broad SMARTS) is 1. The summed E-state index contributed by atoms with van der Waals surface area (Å²) in [5, 5.41) is 11.8. The van der Waals surface area contributed by atoms with Crippen LogP contribution in [0.2, 0.25) is 0 Å². The van der Waals surface area contributed by atoms with Gasteiger partial charge >= 0.3 is 12.0 Å². The number of nitrogens with zero attached hydrogens (tertiary/aromatic N) is 1. The van der Waals surface area contributed by atoms with E-state index < -0.39 is 5.97 Å². The van der Waals surface area contributed by atoms with Gasteiger partial charge < -0.3 is 20.1 Å². The zero-order valence-corrected chi connectivity index (χ0v) is 13.5. The fourth-order valence-electron chi connectivity index (χ4n) is 2.57. The molecule has 1 fully saturated rings. The van der Waals surface area contributed by atoms with E-state index in [1.165, 1.54) is 0 Å². The summed E-state index contributed by atoms with van der Waals surface area (Å²) in [7, 11) is 0. The molecule has 2 unspecified atom stereocenters. The Kier molecular flexibility index (Phi) is 6.95. The lowest BCUT2D eigenvalue weighted by molar-refractivity contribution is -0.141. The number of urea groups is 1. The van der Waals surface area contributed by atoms with Gasteiger partial charge in [-0.25, -0.2) is 4.79 Å². The molecule has 1 aliphatic heterocycles. The Morgan fingerprint density at radius 1 is 1.24 bits per heavy atom. The van der Waals surface area contributed by atoms with Crippen LogP contribution in [0, 0.1) is 5.92 Å². The van der Waals surface area contributed by atoms with Gasteiger partial charge in [0.05, 0.1) is 18.1 Å². The van der Waals surface area contributed by atoms with Gasteiger partial charge in [-0.05, 0) is 33.6 Å². The number of carbonyl (C=O) groups is 2. The number of aliphatic carboxylic acids is 1. The van der Waals surface area contributed by atoms with Gasteiger partial charge in [0.1, 0.15) is 0 Å². The molecule has 1 aliphatic rings. The predicted molar refractivity (Wildman–Crippen MR) is 80.2 cm³/mol. The van der Waals surface area contributed by atoms with Crippen molar-refractivity contribution >= 4 is 12.0 Å². The highest BCUT2D eigenvalue weighted by Crippen LogP contribution is 2.12. The van der Waals surface area contributed by atoms with Crippen LogP contribution < -0.4 is 5.32 Å². The topological polar surface area (TPSA) is 78.9 Å². The summed E-state index contributed by atoms with van der Waals surface area (Å²) in [6, 6.07) is -0.0114. The molecule has 1 rings (SSSR count). The van der Waals surface area contributed by atoms with Crippen molar-refractivity contribution in [1.82, 2.24) is 10.2 Å². The number of hydrogen-bond acceptors (Lipinski definition) is 3. The first kappa shape index (κ1) is 17.8. The van der Waals surface area contributed by atoms with Crippen LogP contribution in [0.5, 0.6) is 0 Å². The molecule has 6 nitrogen and oxygen atoms in total. The fraction of sp³-hybridized carbons (Fsp3) is 0.867. The molecule has 4 atom stereocenters.